The van der Waals surface area contributed by atoms with Gasteiger partial charge in [-0.15, -0.1) is 0 Å². The number of nitrogens with zero attached hydrogens (tertiary/aromatic N) is 1. The zero-order valence-electron chi connectivity index (χ0n) is 11.6. The Balaban J connectivity index is 2.25. The maximum Gasteiger partial charge on any atom is 0.0438 e. The van der Waals surface area contributed by atoms with E-state index in [2.05, 4.69) is 59.9 Å². The fourth-order valence-corrected chi connectivity index (χ4v) is 2.61. The maximum absolute atomic E-state index is 5.85. The first kappa shape index (κ1) is 13.9. The first-order valence-corrected chi connectivity index (χ1v) is 7.08. The van der Waals surface area contributed by atoms with Crippen molar-refractivity contribution in [2.45, 2.75) is 20.4 Å². The Kier molecular flexibility index (Phi) is 4.15. The van der Waals surface area contributed by atoms with Gasteiger partial charge in [-0.25, -0.2) is 0 Å². The van der Waals surface area contributed by atoms with E-state index in [0.29, 0.717) is 0 Å². The van der Waals surface area contributed by atoms with Crippen LogP contribution in [0, 0.1) is 13.8 Å². The Morgan fingerprint density at radius 2 is 1.68 bits per heavy atom. The molecule has 0 amide bonds. The number of hydrogen-bond donors (Lipinski definition) is 1. The molecule has 3 heteroatoms. The van der Waals surface area contributed by atoms with Gasteiger partial charge in [0.05, 0.1) is 0 Å². The lowest BCUT2D eigenvalue weighted by molar-refractivity contribution is 0.917. The van der Waals surface area contributed by atoms with Gasteiger partial charge < -0.3 is 10.6 Å². The molecule has 0 aliphatic carbocycles. The Morgan fingerprint density at radius 3 is 2.32 bits per heavy atom. The van der Waals surface area contributed by atoms with Crippen molar-refractivity contribution in [3.05, 3.63) is 57.6 Å². The van der Waals surface area contributed by atoms with Crippen molar-refractivity contribution in [1.82, 2.24) is 0 Å². The van der Waals surface area contributed by atoms with E-state index in [1.165, 1.54) is 22.4 Å². The molecule has 0 radical (unpaired) electrons. The Morgan fingerprint density at radius 1 is 1.05 bits per heavy atom. The number of benzene rings is 2. The van der Waals surface area contributed by atoms with Crippen LogP contribution >= 0.6 is 15.9 Å². The predicted molar refractivity (Wildman–Crippen MR) is 86.6 cm³/mol. The molecule has 0 fully saturated rings. The molecule has 0 saturated carbocycles. The minimum atomic E-state index is 0.798. The van der Waals surface area contributed by atoms with Crippen LogP contribution < -0.4 is 10.6 Å². The summed E-state index contributed by atoms with van der Waals surface area (Å²) in [4.78, 5) is 2.24. The SMILES string of the molecule is Cc1cc(C)cc(N(C)Cc2cc(N)ccc2Br)c1. The summed E-state index contributed by atoms with van der Waals surface area (Å²) in [5.74, 6) is 0. The largest absolute Gasteiger partial charge is 0.399 e. The molecule has 0 aromatic heterocycles. The van der Waals surface area contributed by atoms with Gasteiger partial charge in [0.2, 0.25) is 0 Å². The highest BCUT2D eigenvalue weighted by Crippen LogP contribution is 2.24. The third-order valence-corrected chi connectivity index (χ3v) is 3.90. The highest BCUT2D eigenvalue weighted by molar-refractivity contribution is 9.10. The number of nitrogen functional groups attached to an aromatic ring is 1. The van der Waals surface area contributed by atoms with Crippen molar-refractivity contribution in [3.8, 4) is 0 Å². The van der Waals surface area contributed by atoms with Gasteiger partial charge in [-0.1, -0.05) is 22.0 Å². The number of nitrogens with two attached hydrogens (primary N) is 1. The highest BCUT2D eigenvalue weighted by Gasteiger charge is 2.07. The second kappa shape index (κ2) is 5.66. The summed E-state index contributed by atoms with van der Waals surface area (Å²) in [5.41, 5.74) is 11.6. The molecule has 0 atom stereocenters. The minimum absolute atomic E-state index is 0.798. The molecule has 2 nitrogen and oxygen atoms in total. The lowest BCUT2D eigenvalue weighted by Gasteiger charge is -2.21. The third-order valence-electron chi connectivity index (χ3n) is 3.12. The van der Waals surface area contributed by atoms with E-state index in [0.717, 1.165) is 16.7 Å². The fraction of sp³-hybridized carbons (Fsp3) is 0.250. The number of hydrogen-bond acceptors (Lipinski definition) is 2. The molecule has 0 saturated heterocycles. The fourth-order valence-electron chi connectivity index (χ4n) is 2.23. The molecule has 0 spiro atoms. The average molecular weight is 319 g/mol. The van der Waals surface area contributed by atoms with Gasteiger partial charge in [0.25, 0.3) is 0 Å². The summed E-state index contributed by atoms with van der Waals surface area (Å²) in [5, 5.41) is 0. The monoisotopic (exact) mass is 318 g/mol. The molecule has 0 heterocycles. The quantitative estimate of drug-likeness (QED) is 0.856. The zero-order valence-corrected chi connectivity index (χ0v) is 13.2. The maximum atomic E-state index is 5.85. The van der Waals surface area contributed by atoms with Crippen LogP contribution in [0.15, 0.2) is 40.9 Å². The average Bonchev–Trinajstić information content (AvgIpc) is 2.32. The molecule has 19 heavy (non-hydrogen) atoms. The highest BCUT2D eigenvalue weighted by atomic mass is 79.9. The molecular weight excluding hydrogens is 300 g/mol. The van der Waals surface area contributed by atoms with Crippen molar-refractivity contribution in [3.63, 3.8) is 0 Å². The summed E-state index contributed by atoms with van der Waals surface area (Å²) in [6.07, 6.45) is 0. The van der Waals surface area contributed by atoms with Crippen LogP contribution in [0.5, 0.6) is 0 Å². The summed E-state index contributed by atoms with van der Waals surface area (Å²) >= 11 is 3.58. The van der Waals surface area contributed by atoms with E-state index >= 15 is 0 Å². The van der Waals surface area contributed by atoms with E-state index in [4.69, 9.17) is 5.73 Å². The normalized spacial score (nSPS) is 10.5. The van der Waals surface area contributed by atoms with Crippen molar-refractivity contribution < 1.29 is 0 Å². The third kappa shape index (κ3) is 3.51. The summed E-state index contributed by atoms with van der Waals surface area (Å²) < 4.78 is 1.10. The minimum Gasteiger partial charge on any atom is -0.399 e. The van der Waals surface area contributed by atoms with Crippen molar-refractivity contribution in [1.29, 1.82) is 0 Å². The number of aryl methyl sites for hydroxylation is 2. The van der Waals surface area contributed by atoms with Gasteiger partial charge in [-0.2, -0.15) is 0 Å². The zero-order chi connectivity index (χ0) is 14.0. The Hall–Kier alpha value is -1.48. The van der Waals surface area contributed by atoms with E-state index in [1.807, 2.05) is 18.2 Å². The second-order valence-electron chi connectivity index (χ2n) is 5.05. The van der Waals surface area contributed by atoms with Crippen molar-refractivity contribution in [2.24, 2.45) is 0 Å². The first-order chi connectivity index (χ1) is 8.95. The summed E-state index contributed by atoms with van der Waals surface area (Å²) in [7, 11) is 2.10. The molecule has 2 aromatic rings. The van der Waals surface area contributed by atoms with Gasteiger partial charge >= 0.3 is 0 Å². The van der Waals surface area contributed by atoms with Gasteiger partial charge in [-0.05, 0) is 60.9 Å². The molecule has 0 aliphatic heterocycles. The molecule has 2 rings (SSSR count). The molecule has 0 aliphatic rings. The standard InChI is InChI=1S/C16H19BrN2/c1-11-6-12(2)8-15(7-11)19(3)10-13-9-14(18)4-5-16(13)17/h4-9H,10,18H2,1-3H3. The lowest BCUT2D eigenvalue weighted by atomic mass is 10.1. The predicted octanol–water partition coefficient (Wildman–Crippen LogP) is 4.28. The molecule has 2 N–H and O–H groups in total. The van der Waals surface area contributed by atoms with Gasteiger partial charge in [0, 0.05) is 29.4 Å². The Labute approximate surface area is 123 Å². The molecular formula is C16H19BrN2. The van der Waals surface area contributed by atoms with E-state index in [1.54, 1.807) is 0 Å². The Bertz CT molecular complexity index is 573. The van der Waals surface area contributed by atoms with Crippen LogP contribution in [0.2, 0.25) is 0 Å². The molecule has 2 aromatic carbocycles. The van der Waals surface area contributed by atoms with Crippen molar-refractivity contribution in [2.75, 3.05) is 17.7 Å². The van der Waals surface area contributed by atoms with Crippen molar-refractivity contribution >= 4 is 27.3 Å². The van der Waals surface area contributed by atoms with E-state index in [9.17, 15) is 0 Å². The van der Waals surface area contributed by atoms with E-state index < -0.39 is 0 Å². The molecule has 0 bridgehead atoms. The summed E-state index contributed by atoms with van der Waals surface area (Å²) in [6.45, 7) is 5.08. The van der Waals surface area contributed by atoms with Crippen LogP contribution in [0.3, 0.4) is 0 Å². The van der Waals surface area contributed by atoms with Crippen LogP contribution in [0.4, 0.5) is 11.4 Å². The van der Waals surface area contributed by atoms with Crippen LogP contribution in [-0.2, 0) is 6.54 Å². The first-order valence-electron chi connectivity index (χ1n) is 6.29. The van der Waals surface area contributed by atoms with E-state index in [-0.39, 0.29) is 0 Å². The smallest absolute Gasteiger partial charge is 0.0438 e. The second-order valence-corrected chi connectivity index (χ2v) is 5.91. The topological polar surface area (TPSA) is 29.3 Å². The van der Waals surface area contributed by atoms with Crippen LogP contribution in [-0.4, -0.2) is 7.05 Å². The summed E-state index contributed by atoms with van der Waals surface area (Å²) in [6, 6.07) is 12.5. The van der Waals surface area contributed by atoms with Gasteiger partial charge in [0.1, 0.15) is 0 Å². The number of halogens is 1. The van der Waals surface area contributed by atoms with Crippen LogP contribution in [0.25, 0.3) is 0 Å². The van der Waals surface area contributed by atoms with Gasteiger partial charge in [0.15, 0.2) is 0 Å². The molecule has 0 unspecified atom stereocenters. The van der Waals surface area contributed by atoms with Gasteiger partial charge in [-0.3, -0.25) is 0 Å². The van der Waals surface area contributed by atoms with Crippen LogP contribution in [0.1, 0.15) is 16.7 Å². The number of rotatable bonds is 3. The number of anilines is 2. The lowest BCUT2D eigenvalue weighted by Crippen LogP contribution is -2.17. The molecule has 100 valence electrons.